The van der Waals surface area contributed by atoms with Crippen LogP contribution < -0.4 is 10.6 Å². The lowest BCUT2D eigenvalue weighted by Gasteiger charge is -2.07. The van der Waals surface area contributed by atoms with E-state index >= 15 is 0 Å². The van der Waals surface area contributed by atoms with Crippen molar-refractivity contribution < 1.29 is 14.7 Å². The van der Waals surface area contributed by atoms with Gasteiger partial charge in [0, 0.05) is 30.5 Å². The number of carboxylic acid groups (broad SMARTS) is 1. The molecule has 0 radical (unpaired) electrons. The number of aromatic carboxylic acids is 1. The number of urea groups is 1. The topological polar surface area (TPSA) is 120 Å². The van der Waals surface area contributed by atoms with Gasteiger partial charge < -0.3 is 15.7 Å². The number of aromatic amines is 1. The van der Waals surface area contributed by atoms with E-state index in [4.69, 9.17) is 5.11 Å². The van der Waals surface area contributed by atoms with Crippen LogP contribution in [0.1, 0.15) is 27.3 Å². The molecule has 0 aliphatic carbocycles. The van der Waals surface area contributed by atoms with Crippen LogP contribution in [0.3, 0.4) is 0 Å². The maximum atomic E-state index is 11.6. The molecular weight excluding hydrogens is 274 g/mol. The summed E-state index contributed by atoms with van der Waals surface area (Å²) >= 11 is 0. The Balaban J connectivity index is 1.78. The first-order chi connectivity index (χ1) is 10.1. The third kappa shape index (κ3) is 4.03. The van der Waals surface area contributed by atoms with Crippen molar-refractivity contribution in [1.29, 1.82) is 0 Å². The number of nitrogens with one attached hydrogen (secondary N) is 3. The number of amides is 2. The summed E-state index contributed by atoms with van der Waals surface area (Å²) in [5.74, 6) is -1.08. The number of carbonyl (C=O) groups excluding carboxylic acids is 1. The number of aryl methyl sites for hydroxylation is 1. The molecule has 0 aliphatic heterocycles. The Labute approximate surface area is 120 Å². The van der Waals surface area contributed by atoms with Gasteiger partial charge in [0.2, 0.25) is 0 Å². The summed E-state index contributed by atoms with van der Waals surface area (Å²) in [5.41, 5.74) is 2.51. The standard InChI is InChI=1S/C13H15N5O3/c1-8-10(7-17-18-8)6-16-13(21)15-5-9-2-3-11(12(19)20)14-4-9/h2-4,7H,5-6H2,1H3,(H,17,18)(H,19,20)(H2,15,16,21). The minimum Gasteiger partial charge on any atom is -0.477 e. The van der Waals surface area contributed by atoms with E-state index in [1.165, 1.54) is 12.3 Å². The highest BCUT2D eigenvalue weighted by Crippen LogP contribution is 2.02. The molecule has 4 N–H and O–H groups in total. The maximum Gasteiger partial charge on any atom is 0.354 e. The molecule has 0 atom stereocenters. The molecule has 0 saturated heterocycles. The first kappa shape index (κ1) is 14.5. The lowest BCUT2D eigenvalue weighted by atomic mass is 10.2. The molecule has 8 nitrogen and oxygen atoms in total. The Morgan fingerprint density at radius 2 is 2.00 bits per heavy atom. The summed E-state index contributed by atoms with van der Waals surface area (Å²) in [7, 11) is 0. The molecule has 110 valence electrons. The Kier molecular flexibility index (Phi) is 4.50. The van der Waals surface area contributed by atoms with E-state index in [2.05, 4.69) is 25.8 Å². The number of pyridine rings is 1. The van der Waals surface area contributed by atoms with Gasteiger partial charge in [-0.25, -0.2) is 14.6 Å². The average molecular weight is 289 g/mol. The molecule has 2 aromatic rings. The zero-order valence-electron chi connectivity index (χ0n) is 11.4. The zero-order valence-corrected chi connectivity index (χ0v) is 11.4. The number of aromatic nitrogens is 3. The summed E-state index contributed by atoms with van der Waals surface area (Å²) in [6.45, 7) is 2.52. The van der Waals surface area contributed by atoms with Gasteiger partial charge in [0.15, 0.2) is 0 Å². The molecule has 0 aromatic carbocycles. The molecule has 0 unspecified atom stereocenters. The van der Waals surface area contributed by atoms with Crippen molar-refractivity contribution in [3.63, 3.8) is 0 Å². The molecule has 21 heavy (non-hydrogen) atoms. The molecule has 0 saturated carbocycles. The first-order valence-electron chi connectivity index (χ1n) is 6.25. The van der Waals surface area contributed by atoms with Crippen molar-refractivity contribution in [2.45, 2.75) is 20.0 Å². The molecule has 2 aromatic heterocycles. The highest BCUT2D eigenvalue weighted by Gasteiger charge is 2.06. The quantitative estimate of drug-likeness (QED) is 0.649. The van der Waals surface area contributed by atoms with E-state index < -0.39 is 5.97 Å². The van der Waals surface area contributed by atoms with Crippen LogP contribution in [0.2, 0.25) is 0 Å². The monoisotopic (exact) mass is 289 g/mol. The van der Waals surface area contributed by atoms with Crippen LogP contribution in [-0.4, -0.2) is 32.3 Å². The number of hydrogen-bond donors (Lipinski definition) is 4. The SMILES string of the molecule is Cc1[nH]ncc1CNC(=O)NCc1ccc(C(=O)O)nc1. The van der Waals surface area contributed by atoms with Crippen molar-refractivity contribution in [3.8, 4) is 0 Å². The third-order valence-electron chi connectivity index (χ3n) is 2.87. The summed E-state index contributed by atoms with van der Waals surface area (Å²) < 4.78 is 0. The highest BCUT2D eigenvalue weighted by atomic mass is 16.4. The fraction of sp³-hybridized carbons (Fsp3) is 0.231. The zero-order chi connectivity index (χ0) is 15.2. The van der Waals surface area contributed by atoms with Crippen molar-refractivity contribution in [3.05, 3.63) is 47.0 Å². The molecule has 0 aliphatic rings. The molecule has 0 bridgehead atoms. The molecular formula is C13H15N5O3. The second-order valence-electron chi connectivity index (χ2n) is 4.41. The first-order valence-corrected chi connectivity index (χ1v) is 6.25. The van der Waals surface area contributed by atoms with Crippen molar-refractivity contribution in [1.82, 2.24) is 25.8 Å². The average Bonchev–Trinajstić information content (AvgIpc) is 2.88. The van der Waals surface area contributed by atoms with Gasteiger partial charge in [0.25, 0.3) is 0 Å². The van der Waals surface area contributed by atoms with Crippen LogP contribution in [0.4, 0.5) is 4.79 Å². The van der Waals surface area contributed by atoms with Gasteiger partial charge in [-0.05, 0) is 18.6 Å². The molecule has 2 amide bonds. The number of nitrogens with zero attached hydrogens (tertiary/aromatic N) is 2. The van der Waals surface area contributed by atoms with Crippen LogP contribution in [0.25, 0.3) is 0 Å². The van der Waals surface area contributed by atoms with Gasteiger partial charge in [-0.3, -0.25) is 5.10 Å². The summed E-state index contributed by atoms with van der Waals surface area (Å²) in [6, 6.07) is 2.68. The molecule has 0 spiro atoms. The van der Waals surface area contributed by atoms with Crippen molar-refractivity contribution in [2.24, 2.45) is 0 Å². The lowest BCUT2D eigenvalue weighted by molar-refractivity contribution is 0.0690. The maximum absolute atomic E-state index is 11.6. The van der Waals surface area contributed by atoms with Crippen molar-refractivity contribution in [2.75, 3.05) is 0 Å². The van der Waals surface area contributed by atoms with E-state index in [0.717, 1.165) is 16.8 Å². The summed E-state index contributed by atoms with van der Waals surface area (Å²) in [6.07, 6.45) is 3.08. The van der Waals surface area contributed by atoms with E-state index in [-0.39, 0.29) is 18.3 Å². The minimum atomic E-state index is -1.08. The summed E-state index contributed by atoms with van der Waals surface area (Å²) in [4.78, 5) is 26.1. The van der Waals surface area contributed by atoms with Crippen LogP contribution >= 0.6 is 0 Å². The van der Waals surface area contributed by atoms with Crippen LogP contribution in [-0.2, 0) is 13.1 Å². The lowest BCUT2D eigenvalue weighted by Crippen LogP contribution is -2.34. The Morgan fingerprint density at radius 3 is 2.57 bits per heavy atom. The van der Waals surface area contributed by atoms with Crippen LogP contribution in [0.15, 0.2) is 24.5 Å². The smallest absolute Gasteiger partial charge is 0.354 e. The van der Waals surface area contributed by atoms with Gasteiger partial charge in [0.1, 0.15) is 5.69 Å². The molecule has 0 fully saturated rings. The van der Waals surface area contributed by atoms with Gasteiger partial charge in [-0.15, -0.1) is 0 Å². The third-order valence-corrected chi connectivity index (χ3v) is 2.87. The second-order valence-corrected chi connectivity index (χ2v) is 4.41. The fourth-order valence-corrected chi connectivity index (χ4v) is 1.63. The normalized spacial score (nSPS) is 10.1. The summed E-state index contributed by atoms with van der Waals surface area (Å²) in [5, 5.41) is 20.7. The highest BCUT2D eigenvalue weighted by molar-refractivity contribution is 5.85. The molecule has 2 heterocycles. The minimum absolute atomic E-state index is 0.0290. The van der Waals surface area contributed by atoms with E-state index in [0.29, 0.717) is 6.54 Å². The van der Waals surface area contributed by atoms with E-state index in [9.17, 15) is 9.59 Å². The van der Waals surface area contributed by atoms with Crippen LogP contribution in [0, 0.1) is 6.92 Å². The second kappa shape index (κ2) is 6.51. The molecule has 2 rings (SSSR count). The number of hydrogen-bond acceptors (Lipinski definition) is 4. The Bertz CT molecular complexity index is 636. The van der Waals surface area contributed by atoms with Gasteiger partial charge in [-0.1, -0.05) is 6.07 Å². The fourth-order valence-electron chi connectivity index (χ4n) is 1.63. The van der Waals surface area contributed by atoms with Crippen molar-refractivity contribution >= 4 is 12.0 Å². The number of rotatable bonds is 5. The number of carboxylic acids is 1. The predicted octanol–water partition coefficient (Wildman–Crippen LogP) is 0.811. The van der Waals surface area contributed by atoms with E-state index in [1.54, 1.807) is 12.3 Å². The predicted molar refractivity (Wildman–Crippen MR) is 73.6 cm³/mol. The Hall–Kier alpha value is -2.90. The number of H-pyrrole nitrogens is 1. The van der Waals surface area contributed by atoms with Crippen LogP contribution in [0.5, 0.6) is 0 Å². The Morgan fingerprint density at radius 1 is 1.24 bits per heavy atom. The largest absolute Gasteiger partial charge is 0.477 e. The number of carbonyl (C=O) groups is 2. The van der Waals surface area contributed by atoms with E-state index in [1.807, 2.05) is 6.92 Å². The van der Waals surface area contributed by atoms with Gasteiger partial charge >= 0.3 is 12.0 Å². The van der Waals surface area contributed by atoms with Gasteiger partial charge in [0.05, 0.1) is 6.20 Å². The molecule has 8 heteroatoms. The van der Waals surface area contributed by atoms with Gasteiger partial charge in [-0.2, -0.15) is 5.10 Å².